The average molecular weight is 199 g/mol. The fourth-order valence-corrected chi connectivity index (χ4v) is 1.07. The van der Waals surface area contributed by atoms with Crippen LogP contribution in [0, 0.1) is 0 Å². The van der Waals surface area contributed by atoms with Crippen molar-refractivity contribution < 1.29 is 9.59 Å². The molecule has 4 nitrogen and oxygen atoms in total. The van der Waals surface area contributed by atoms with E-state index >= 15 is 0 Å². The van der Waals surface area contributed by atoms with Crippen molar-refractivity contribution in [3.8, 4) is 0 Å². The number of amides is 2. The number of nitrogens with zero attached hydrogens (tertiary/aromatic N) is 2. The van der Waals surface area contributed by atoms with Gasteiger partial charge in [0.15, 0.2) is 0 Å². The lowest BCUT2D eigenvalue weighted by molar-refractivity contribution is -0.141. The summed E-state index contributed by atoms with van der Waals surface area (Å²) in [6.07, 6.45) is 3.13. The normalized spacial score (nSPS) is 9.64. The molecule has 0 aromatic carbocycles. The summed E-state index contributed by atoms with van der Waals surface area (Å²) in [5, 5.41) is 1.29. The molecule has 0 fully saturated rings. The number of unbranched alkanes of at least 4 members (excludes halogenated alkanes) is 1. The molecule has 2 amide bonds. The molecule has 0 saturated heterocycles. The highest BCUT2D eigenvalue weighted by Crippen LogP contribution is 2.00. The Bertz CT molecular complexity index is 193. The maximum absolute atomic E-state index is 11.5. The summed E-state index contributed by atoms with van der Waals surface area (Å²) in [6.45, 7) is 5.87. The third-order valence-electron chi connectivity index (χ3n) is 1.73. The maximum Gasteiger partial charge on any atom is 0.259 e. The van der Waals surface area contributed by atoms with E-state index in [2.05, 4.69) is 5.43 Å². The van der Waals surface area contributed by atoms with Gasteiger partial charge in [-0.2, -0.15) is 0 Å². The van der Waals surface area contributed by atoms with E-state index in [4.69, 9.17) is 0 Å². The lowest BCUT2D eigenvalue weighted by atomic mass is 10.2. The smallest absolute Gasteiger partial charge is 0.259 e. The van der Waals surface area contributed by atoms with Crippen molar-refractivity contribution in [3.63, 3.8) is 0 Å². The first-order chi connectivity index (χ1) is 6.61. The van der Waals surface area contributed by atoms with Crippen molar-refractivity contribution >= 4 is 11.8 Å². The summed E-state index contributed by atoms with van der Waals surface area (Å²) < 4.78 is 0. The Hall–Kier alpha value is -1.06. The fourth-order valence-electron chi connectivity index (χ4n) is 1.07. The zero-order valence-corrected chi connectivity index (χ0v) is 9.25. The van der Waals surface area contributed by atoms with Gasteiger partial charge in [-0.1, -0.05) is 20.3 Å². The summed E-state index contributed by atoms with van der Waals surface area (Å²) in [5.41, 5.74) is 3.66. The monoisotopic (exact) mass is 199 g/mol. The van der Waals surface area contributed by atoms with E-state index in [1.54, 1.807) is 0 Å². The summed E-state index contributed by atoms with van der Waals surface area (Å²) in [7, 11) is 0. The second-order valence-corrected chi connectivity index (χ2v) is 3.24. The Morgan fingerprint density at radius 3 is 2.29 bits per heavy atom. The van der Waals surface area contributed by atoms with Gasteiger partial charge in [0.25, 0.3) is 5.91 Å². The van der Waals surface area contributed by atoms with Gasteiger partial charge in [-0.05, 0) is 12.8 Å². The summed E-state index contributed by atoms with van der Waals surface area (Å²) in [5.74, 6) is -0.368. The predicted octanol–water partition coefficient (Wildman–Crippen LogP) is 1.48. The van der Waals surface area contributed by atoms with E-state index < -0.39 is 0 Å². The van der Waals surface area contributed by atoms with Crippen LogP contribution in [0.4, 0.5) is 0 Å². The predicted molar refractivity (Wildman–Crippen MR) is 54.3 cm³/mol. The Morgan fingerprint density at radius 2 is 1.86 bits per heavy atom. The quantitative estimate of drug-likeness (QED) is 0.630. The van der Waals surface area contributed by atoms with Gasteiger partial charge in [-0.3, -0.25) is 9.59 Å². The molecule has 0 bridgehead atoms. The third kappa shape index (κ3) is 5.56. The zero-order valence-electron chi connectivity index (χ0n) is 9.25. The van der Waals surface area contributed by atoms with Crippen LogP contribution in [-0.2, 0) is 9.59 Å². The Labute approximate surface area is 85.6 Å². The van der Waals surface area contributed by atoms with Crippen LogP contribution in [0.1, 0.15) is 46.5 Å². The zero-order chi connectivity index (χ0) is 11.0. The van der Waals surface area contributed by atoms with Crippen LogP contribution in [-0.4, -0.2) is 23.4 Å². The number of carbonyl (C=O) groups is 2. The first-order valence-electron chi connectivity index (χ1n) is 5.14. The van der Waals surface area contributed by atoms with Gasteiger partial charge in [0, 0.05) is 19.9 Å². The molecular formula is C10H19N2O2. The minimum atomic E-state index is -0.316. The van der Waals surface area contributed by atoms with Crippen LogP contribution in [0.25, 0.3) is 0 Å². The van der Waals surface area contributed by atoms with E-state index in [0.29, 0.717) is 13.0 Å². The largest absolute Gasteiger partial charge is 0.273 e. The van der Waals surface area contributed by atoms with Crippen LogP contribution in [0.15, 0.2) is 0 Å². The highest BCUT2D eigenvalue weighted by molar-refractivity contribution is 5.80. The molecule has 0 aliphatic rings. The van der Waals surface area contributed by atoms with Crippen molar-refractivity contribution in [1.29, 1.82) is 0 Å². The Kier molecular flexibility index (Phi) is 6.80. The van der Waals surface area contributed by atoms with E-state index in [0.717, 1.165) is 19.3 Å². The topological polar surface area (TPSA) is 51.5 Å². The lowest BCUT2D eigenvalue weighted by Crippen LogP contribution is -2.40. The van der Waals surface area contributed by atoms with Gasteiger partial charge in [0.2, 0.25) is 5.91 Å². The minimum absolute atomic E-state index is 0.0519. The Balaban J connectivity index is 4.03. The molecule has 81 valence electrons. The van der Waals surface area contributed by atoms with Gasteiger partial charge < -0.3 is 0 Å². The standard InChI is InChI=1S/C10H19N2O2/c1-4-6-7-10(14)12(8-5-2)11-9(3)13/h4-8H2,1-3H3. The first kappa shape index (κ1) is 12.9. The molecule has 0 aliphatic carbocycles. The maximum atomic E-state index is 11.5. The molecule has 0 atom stereocenters. The van der Waals surface area contributed by atoms with Gasteiger partial charge in [0.05, 0.1) is 0 Å². The van der Waals surface area contributed by atoms with Crippen LogP contribution >= 0.6 is 0 Å². The van der Waals surface area contributed by atoms with Gasteiger partial charge in [0.1, 0.15) is 0 Å². The number of carbonyl (C=O) groups excluding carboxylic acids is 2. The van der Waals surface area contributed by atoms with Crippen molar-refractivity contribution in [2.75, 3.05) is 6.54 Å². The highest BCUT2D eigenvalue weighted by Gasteiger charge is 2.14. The number of rotatable bonds is 5. The molecule has 0 heterocycles. The van der Waals surface area contributed by atoms with E-state index in [1.165, 1.54) is 11.9 Å². The van der Waals surface area contributed by atoms with Gasteiger partial charge >= 0.3 is 0 Å². The molecule has 4 heteroatoms. The molecule has 0 N–H and O–H groups in total. The second-order valence-electron chi connectivity index (χ2n) is 3.24. The first-order valence-corrected chi connectivity index (χ1v) is 5.14. The molecule has 0 aromatic rings. The average Bonchev–Trinajstić information content (AvgIpc) is 2.13. The Morgan fingerprint density at radius 1 is 1.21 bits per heavy atom. The third-order valence-corrected chi connectivity index (χ3v) is 1.73. The van der Waals surface area contributed by atoms with Crippen LogP contribution in [0.5, 0.6) is 0 Å². The van der Waals surface area contributed by atoms with Gasteiger partial charge in [-0.25, -0.2) is 5.01 Å². The summed E-state index contributed by atoms with van der Waals surface area (Å²) in [6, 6.07) is 0. The fraction of sp³-hybridized carbons (Fsp3) is 0.800. The van der Waals surface area contributed by atoms with Crippen LogP contribution in [0.2, 0.25) is 0 Å². The molecule has 0 spiro atoms. The van der Waals surface area contributed by atoms with Gasteiger partial charge in [-0.15, -0.1) is 5.43 Å². The van der Waals surface area contributed by atoms with Crippen LogP contribution in [0.3, 0.4) is 0 Å². The molecule has 0 unspecified atom stereocenters. The van der Waals surface area contributed by atoms with Crippen molar-refractivity contribution in [1.82, 2.24) is 10.4 Å². The summed E-state index contributed by atoms with van der Waals surface area (Å²) >= 11 is 0. The summed E-state index contributed by atoms with van der Waals surface area (Å²) in [4.78, 5) is 22.3. The minimum Gasteiger partial charge on any atom is -0.273 e. The SMILES string of the molecule is CCCCC(=O)N(CCC)[N]C(C)=O. The number of hydrogen-bond acceptors (Lipinski definition) is 2. The molecule has 0 rings (SSSR count). The molecular weight excluding hydrogens is 180 g/mol. The second kappa shape index (κ2) is 7.35. The molecule has 1 radical (unpaired) electrons. The molecule has 0 aromatic heterocycles. The van der Waals surface area contributed by atoms with Crippen molar-refractivity contribution in [2.45, 2.75) is 46.5 Å². The molecule has 0 aliphatic heterocycles. The van der Waals surface area contributed by atoms with Crippen molar-refractivity contribution in [2.24, 2.45) is 0 Å². The molecule has 14 heavy (non-hydrogen) atoms. The van der Waals surface area contributed by atoms with E-state index in [-0.39, 0.29) is 11.8 Å². The number of hydrogen-bond donors (Lipinski definition) is 0. The highest BCUT2D eigenvalue weighted by atomic mass is 16.2. The van der Waals surface area contributed by atoms with E-state index in [1.807, 2.05) is 13.8 Å². The van der Waals surface area contributed by atoms with Crippen molar-refractivity contribution in [3.05, 3.63) is 0 Å². The van der Waals surface area contributed by atoms with E-state index in [9.17, 15) is 9.59 Å². The molecule has 0 saturated carbocycles. The van der Waals surface area contributed by atoms with Crippen LogP contribution < -0.4 is 5.43 Å². The lowest BCUT2D eigenvalue weighted by Gasteiger charge is -2.18.